The number of fused-ring (bicyclic) bond motifs is 1. The molecule has 1 N–H and O–H groups in total. The first kappa shape index (κ1) is 21.9. The fraction of sp³-hybridized carbons (Fsp3) is 0.381. The third kappa shape index (κ3) is 4.85. The molecule has 0 aromatic heterocycles. The first-order valence-corrected chi connectivity index (χ1v) is 11.1. The predicted octanol–water partition coefficient (Wildman–Crippen LogP) is 1.83. The number of ether oxygens (including phenoxy) is 3. The van der Waals surface area contributed by atoms with E-state index < -0.39 is 15.9 Å². The second-order valence-corrected chi connectivity index (χ2v) is 8.94. The number of amides is 1. The predicted molar refractivity (Wildman–Crippen MR) is 113 cm³/mol. The highest BCUT2D eigenvalue weighted by molar-refractivity contribution is 7.89. The lowest BCUT2D eigenvalue weighted by Gasteiger charge is -2.28. The summed E-state index contributed by atoms with van der Waals surface area (Å²) in [6.07, 6.45) is 0.626. The van der Waals surface area contributed by atoms with Crippen LogP contribution in [0.25, 0.3) is 0 Å². The zero-order valence-electron chi connectivity index (χ0n) is 17.3. The van der Waals surface area contributed by atoms with E-state index in [0.29, 0.717) is 36.6 Å². The number of nitrogens with one attached hydrogen (secondary N) is 1. The fourth-order valence-electron chi connectivity index (χ4n) is 3.37. The molecule has 9 heteroatoms. The van der Waals surface area contributed by atoms with Crippen LogP contribution < -0.4 is 19.5 Å². The van der Waals surface area contributed by atoms with Crippen molar-refractivity contribution in [3.63, 3.8) is 0 Å². The average Bonchev–Trinajstić information content (AvgIpc) is 2.77. The second kappa shape index (κ2) is 9.36. The van der Waals surface area contributed by atoms with Crippen molar-refractivity contribution in [3.05, 3.63) is 53.1 Å². The molecule has 0 atom stereocenters. The van der Waals surface area contributed by atoms with Gasteiger partial charge in [0.05, 0.1) is 32.6 Å². The van der Waals surface area contributed by atoms with Gasteiger partial charge in [0, 0.05) is 25.7 Å². The van der Waals surface area contributed by atoms with Crippen molar-refractivity contribution in [1.82, 2.24) is 9.62 Å². The monoisotopic (exact) mass is 434 g/mol. The zero-order chi connectivity index (χ0) is 21.7. The van der Waals surface area contributed by atoms with E-state index in [9.17, 15) is 13.2 Å². The van der Waals surface area contributed by atoms with Gasteiger partial charge in [-0.05, 0) is 41.8 Å². The SMILES string of the molecule is COc1ccc2c(c1)CCN(S(=O)(=O)CCNC(=O)c1ccc(OC)cc1OC)C2. The number of hydrogen-bond donors (Lipinski definition) is 1. The van der Waals surface area contributed by atoms with E-state index in [1.54, 1.807) is 25.3 Å². The molecule has 0 spiro atoms. The number of hydrogen-bond acceptors (Lipinski definition) is 6. The van der Waals surface area contributed by atoms with E-state index in [4.69, 9.17) is 14.2 Å². The average molecular weight is 435 g/mol. The molecule has 8 nitrogen and oxygen atoms in total. The van der Waals surface area contributed by atoms with Crippen molar-refractivity contribution in [3.8, 4) is 17.2 Å². The van der Waals surface area contributed by atoms with Crippen molar-refractivity contribution < 1.29 is 27.4 Å². The van der Waals surface area contributed by atoms with Crippen molar-refractivity contribution >= 4 is 15.9 Å². The number of methoxy groups -OCH3 is 3. The van der Waals surface area contributed by atoms with E-state index in [0.717, 1.165) is 16.9 Å². The van der Waals surface area contributed by atoms with Gasteiger partial charge in [-0.2, -0.15) is 4.31 Å². The Morgan fingerprint density at radius 1 is 1.00 bits per heavy atom. The first-order valence-electron chi connectivity index (χ1n) is 9.52. The highest BCUT2D eigenvalue weighted by Gasteiger charge is 2.27. The van der Waals surface area contributed by atoms with Crippen LogP contribution >= 0.6 is 0 Å². The molecule has 0 saturated carbocycles. The maximum Gasteiger partial charge on any atom is 0.255 e. The molecule has 2 aromatic carbocycles. The minimum absolute atomic E-state index is 0.00230. The molecule has 0 aliphatic carbocycles. The van der Waals surface area contributed by atoms with Crippen LogP contribution in [-0.4, -0.2) is 58.8 Å². The Morgan fingerprint density at radius 3 is 2.40 bits per heavy atom. The molecule has 2 aromatic rings. The molecule has 1 amide bonds. The summed E-state index contributed by atoms with van der Waals surface area (Å²) in [5.41, 5.74) is 2.38. The van der Waals surface area contributed by atoms with Gasteiger partial charge in [-0.1, -0.05) is 6.07 Å². The van der Waals surface area contributed by atoms with Crippen LogP contribution in [0.3, 0.4) is 0 Å². The topological polar surface area (TPSA) is 94.2 Å². The summed E-state index contributed by atoms with van der Waals surface area (Å²) >= 11 is 0. The van der Waals surface area contributed by atoms with Crippen molar-refractivity contribution in [2.45, 2.75) is 13.0 Å². The van der Waals surface area contributed by atoms with Gasteiger partial charge >= 0.3 is 0 Å². The summed E-state index contributed by atoms with van der Waals surface area (Å²) in [4.78, 5) is 12.5. The lowest BCUT2D eigenvalue weighted by Crippen LogP contribution is -2.40. The van der Waals surface area contributed by atoms with Crippen molar-refractivity contribution in [2.75, 3.05) is 40.2 Å². The molecule has 1 aliphatic heterocycles. The second-order valence-electron chi connectivity index (χ2n) is 6.86. The molecule has 0 fully saturated rings. The Hall–Kier alpha value is -2.78. The van der Waals surface area contributed by atoms with Gasteiger partial charge in [-0.25, -0.2) is 8.42 Å². The van der Waals surface area contributed by atoms with Crippen LogP contribution in [-0.2, 0) is 23.0 Å². The van der Waals surface area contributed by atoms with E-state index in [2.05, 4.69) is 5.32 Å². The van der Waals surface area contributed by atoms with E-state index in [-0.39, 0.29) is 12.3 Å². The highest BCUT2D eigenvalue weighted by atomic mass is 32.2. The third-order valence-corrected chi connectivity index (χ3v) is 6.90. The quantitative estimate of drug-likeness (QED) is 0.681. The van der Waals surface area contributed by atoms with Crippen molar-refractivity contribution in [2.24, 2.45) is 0 Å². The highest BCUT2D eigenvalue weighted by Crippen LogP contribution is 2.26. The Morgan fingerprint density at radius 2 is 1.70 bits per heavy atom. The van der Waals surface area contributed by atoms with Crippen LogP contribution in [0.2, 0.25) is 0 Å². The lowest BCUT2D eigenvalue weighted by molar-refractivity contribution is 0.0953. The summed E-state index contributed by atoms with van der Waals surface area (Å²) in [7, 11) is 1.08. The first-order chi connectivity index (χ1) is 14.4. The van der Waals surface area contributed by atoms with Gasteiger partial charge in [-0.3, -0.25) is 4.79 Å². The van der Waals surface area contributed by atoms with Gasteiger partial charge < -0.3 is 19.5 Å². The minimum Gasteiger partial charge on any atom is -0.497 e. The molecule has 3 rings (SSSR count). The molecular formula is C21H26N2O6S. The molecule has 0 bridgehead atoms. The van der Waals surface area contributed by atoms with E-state index in [1.165, 1.54) is 18.5 Å². The van der Waals surface area contributed by atoms with E-state index >= 15 is 0 Å². The van der Waals surface area contributed by atoms with Crippen LogP contribution in [0.5, 0.6) is 17.2 Å². The van der Waals surface area contributed by atoms with Gasteiger partial charge in [0.1, 0.15) is 17.2 Å². The Kier molecular flexibility index (Phi) is 6.84. The maximum absolute atomic E-state index is 12.8. The molecule has 0 unspecified atom stereocenters. The minimum atomic E-state index is -3.51. The number of nitrogens with zero attached hydrogens (tertiary/aromatic N) is 1. The van der Waals surface area contributed by atoms with Crippen LogP contribution in [0.15, 0.2) is 36.4 Å². The molecule has 0 saturated heterocycles. The van der Waals surface area contributed by atoms with Crippen LogP contribution in [0.4, 0.5) is 0 Å². The summed E-state index contributed by atoms with van der Waals surface area (Å²) in [5, 5.41) is 2.66. The number of carbonyl (C=O) groups is 1. The largest absolute Gasteiger partial charge is 0.497 e. The van der Waals surface area contributed by atoms with Gasteiger partial charge in [0.25, 0.3) is 5.91 Å². The zero-order valence-corrected chi connectivity index (χ0v) is 18.1. The lowest BCUT2D eigenvalue weighted by atomic mass is 10.0. The third-order valence-electron chi connectivity index (χ3n) is 5.08. The number of rotatable bonds is 8. The maximum atomic E-state index is 12.8. The molecule has 1 heterocycles. The van der Waals surface area contributed by atoms with Gasteiger partial charge in [-0.15, -0.1) is 0 Å². The van der Waals surface area contributed by atoms with Crippen molar-refractivity contribution in [1.29, 1.82) is 0 Å². The van der Waals surface area contributed by atoms with Crippen LogP contribution in [0.1, 0.15) is 21.5 Å². The summed E-state index contributed by atoms with van der Waals surface area (Å²) in [6, 6.07) is 10.5. The summed E-state index contributed by atoms with van der Waals surface area (Å²) in [5.74, 6) is 1.11. The number of benzene rings is 2. The summed E-state index contributed by atoms with van der Waals surface area (Å²) < 4.78 is 42.5. The Balaban J connectivity index is 1.59. The molecule has 0 radical (unpaired) electrons. The fourth-order valence-corrected chi connectivity index (χ4v) is 4.70. The van der Waals surface area contributed by atoms with Gasteiger partial charge in [0.2, 0.25) is 10.0 Å². The molecule has 1 aliphatic rings. The smallest absolute Gasteiger partial charge is 0.255 e. The molecular weight excluding hydrogens is 408 g/mol. The molecule has 30 heavy (non-hydrogen) atoms. The Bertz CT molecular complexity index is 1020. The number of carbonyl (C=O) groups excluding carboxylic acids is 1. The normalized spacial score (nSPS) is 14.0. The molecule has 162 valence electrons. The van der Waals surface area contributed by atoms with Crippen LogP contribution in [0, 0.1) is 0 Å². The van der Waals surface area contributed by atoms with Gasteiger partial charge in [0.15, 0.2) is 0 Å². The Labute approximate surface area is 176 Å². The van der Waals surface area contributed by atoms with E-state index in [1.807, 2.05) is 18.2 Å². The number of sulfonamides is 1. The summed E-state index contributed by atoms with van der Waals surface area (Å²) in [6.45, 7) is 0.729. The standard InChI is InChI=1S/C21H26N2O6S/c1-27-17-5-4-16-14-23(10-8-15(16)12-17)30(25,26)11-9-22-21(24)19-7-6-18(28-2)13-20(19)29-3/h4-7,12-13H,8-11,14H2,1-3H3,(H,22,24).